The van der Waals surface area contributed by atoms with Crippen LogP contribution in [0.5, 0.6) is 0 Å². The van der Waals surface area contributed by atoms with Gasteiger partial charge in [-0.1, -0.05) is 18.2 Å². The van der Waals surface area contributed by atoms with Gasteiger partial charge >= 0.3 is 0 Å². The molecule has 0 heterocycles. The second kappa shape index (κ2) is 7.37. The van der Waals surface area contributed by atoms with Crippen LogP contribution < -0.4 is 5.32 Å². The van der Waals surface area contributed by atoms with Crippen molar-refractivity contribution in [2.45, 2.75) is 19.9 Å². The van der Waals surface area contributed by atoms with Gasteiger partial charge in [-0.2, -0.15) is 0 Å². The largest absolute Gasteiger partial charge is 0.382 e. The van der Waals surface area contributed by atoms with Crippen molar-refractivity contribution in [1.29, 1.82) is 0 Å². The zero-order valence-electron chi connectivity index (χ0n) is 9.21. The lowest BCUT2D eigenvalue weighted by atomic mass is 10.2. The molecule has 0 radical (unpaired) electrons. The zero-order chi connectivity index (χ0) is 10.9. The van der Waals surface area contributed by atoms with Crippen molar-refractivity contribution in [3.05, 3.63) is 35.6 Å². The molecule has 3 heteroatoms. The molecule has 0 atom stereocenters. The van der Waals surface area contributed by atoms with E-state index in [2.05, 4.69) is 5.32 Å². The first-order chi connectivity index (χ1) is 7.34. The Hall–Kier alpha value is -0.930. The van der Waals surface area contributed by atoms with Crippen molar-refractivity contribution in [3.63, 3.8) is 0 Å². The first-order valence-corrected chi connectivity index (χ1v) is 5.47. The van der Waals surface area contributed by atoms with Crippen LogP contribution in [0.1, 0.15) is 18.9 Å². The Labute approximate surface area is 90.4 Å². The van der Waals surface area contributed by atoms with Gasteiger partial charge in [-0.3, -0.25) is 0 Å². The van der Waals surface area contributed by atoms with Crippen molar-refractivity contribution >= 4 is 0 Å². The third kappa shape index (κ3) is 4.91. The molecule has 0 spiro atoms. The van der Waals surface area contributed by atoms with E-state index in [1.54, 1.807) is 6.07 Å². The number of halogens is 1. The van der Waals surface area contributed by atoms with Crippen LogP contribution in [0, 0.1) is 5.82 Å². The van der Waals surface area contributed by atoms with Crippen LogP contribution in [0.2, 0.25) is 0 Å². The Morgan fingerprint density at radius 3 is 2.87 bits per heavy atom. The molecule has 15 heavy (non-hydrogen) atoms. The summed E-state index contributed by atoms with van der Waals surface area (Å²) in [4.78, 5) is 0. The molecule has 1 aromatic rings. The van der Waals surface area contributed by atoms with E-state index in [0.717, 1.165) is 31.7 Å². The Balaban J connectivity index is 2.12. The summed E-state index contributed by atoms with van der Waals surface area (Å²) in [5, 5.41) is 2.11. The molecule has 0 aliphatic rings. The molecule has 0 aromatic heterocycles. The van der Waals surface area contributed by atoms with Crippen LogP contribution in [0.3, 0.4) is 0 Å². The van der Waals surface area contributed by atoms with Gasteiger partial charge in [0.2, 0.25) is 0 Å². The van der Waals surface area contributed by atoms with Gasteiger partial charge in [0, 0.05) is 18.6 Å². The third-order valence-electron chi connectivity index (χ3n) is 2.22. The Morgan fingerprint density at radius 2 is 2.13 bits per heavy atom. The molecule has 84 valence electrons. The highest BCUT2D eigenvalue weighted by Crippen LogP contribution is 2.03. The van der Waals surface area contributed by atoms with Crippen LogP contribution in [-0.2, 0) is 11.3 Å². The summed E-state index contributed by atoms with van der Waals surface area (Å²) in [5.41, 5.74) is 0.772. The van der Waals surface area contributed by atoms with Gasteiger partial charge in [0.05, 0.1) is 13.2 Å². The van der Waals surface area contributed by atoms with E-state index in [1.165, 1.54) is 6.07 Å². The predicted octanol–water partition coefficient (Wildman–Crippen LogP) is 1.32. The summed E-state index contributed by atoms with van der Waals surface area (Å²) < 4.78 is 18.4. The standard InChI is InChI=1S/C12H18FNO/c1-2-15-9-5-8-14-10-11-6-3-4-7-12(11)13/h3-4,6-7,14H,2,5,8-10H2,1H3/p+1. The first kappa shape index (κ1) is 12.1. The van der Waals surface area contributed by atoms with E-state index in [-0.39, 0.29) is 5.82 Å². The number of quaternary nitrogens is 1. The van der Waals surface area contributed by atoms with Gasteiger partial charge in [0.15, 0.2) is 0 Å². The highest BCUT2D eigenvalue weighted by molar-refractivity contribution is 5.15. The maximum atomic E-state index is 13.2. The van der Waals surface area contributed by atoms with E-state index in [9.17, 15) is 4.39 Å². The van der Waals surface area contributed by atoms with Gasteiger partial charge in [0.1, 0.15) is 12.4 Å². The summed E-state index contributed by atoms with van der Waals surface area (Å²) in [6, 6.07) is 6.91. The molecule has 1 rings (SSSR count). The quantitative estimate of drug-likeness (QED) is 0.678. The predicted molar refractivity (Wildman–Crippen MR) is 58.0 cm³/mol. The van der Waals surface area contributed by atoms with Gasteiger partial charge in [-0.05, 0) is 13.0 Å². The molecule has 0 fully saturated rings. The van der Waals surface area contributed by atoms with Crippen LogP contribution in [-0.4, -0.2) is 19.8 Å². The zero-order valence-corrected chi connectivity index (χ0v) is 9.21. The maximum absolute atomic E-state index is 13.2. The highest BCUT2D eigenvalue weighted by atomic mass is 19.1. The Kier molecular flexibility index (Phi) is 5.97. The minimum absolute atomic E-state index is 0.112. The molecule has 0 amide bonds. The molecule has 0 aliphatic carbocycles. The summed E-state index contributed by atoms with van der Waals surface area (Å²) >= 11 is 0. The summed E-state index contributed by atoms with van der Waals surface area (Å²) in [6.45, 7) is 5.24. The Morgan fingerprint density at radius 1 is 1.33 bits per heavy atom. The second-order valence-corrected chi connectivity index (χ2v) is 3.42. The van der Waals surface area contributed by atoms with Crippen molar-refractivity contribution in [2.75, 3.05) is 19.8 Å². The maximum Gasteiger partial charge on any atom is 0.132 e. The minimum Gasteiger partial charge on any atom is -0.382 e. The molecule has 1 aromatic carbocycles. The number of hydrogen-bond donors (Lipinski definition) is 1. The van der Waals surface area contributed by atoms with Crippen LogP contribution in [0.4, 0.5) is 4.39 Å². The normalized spacial score (nSPS) is 10.5. The number of rotatable bonds is 7. The summed E-state index contributed by atoms with van der Waals surface area (Å²) in [7, 11) is 0. The van der Waals surface area contributed by atoms with Gasteiger partial charge in [0.25, 0.3) is 0 Å². The fourth-order valence-corrected chi connectivity index (χ4v) is 1.40. The summed E-state index contributed by atoms with van der Waals surface area (Å²) in [5.74, 6) is -0.112. The van der Waals surface area contributed by atoms with E-state index < -0.39 is 0 Å². The van der Waals surface area contributed by atoms with Crippen molar-refractivity contribution < 1.29 is 14.4 Å². The number of ether oxygens (including phenoxy) is 1. The molecule has 2 nitrogen and oxygen atoms in total. The van der Waals surface area contributed by atoms with E-state index >= 15 is 0 Å². The van der Waals surface area contributed by atoms with Crippen LogP contribution in [0.15, 0.2) is 24.3 Å². The third-order valence-corrected chi connectivity index (χ3v) is 2.22. The SMILES string of the molecule is CCOCCC[NH2+]Cc1ccccc1F. The molecular weight excluding hydrogens is 193 g/mol. The lowest BCUT2D eigenvalue weighted by molar-refractivity contribution is -0.671. The van der Waals surface area contributed by atoms with E-state index in [1.807, 2.05) is 19.1 Å². The molecular formula is C12H19FNO+. The molecule has 0 saturated carbocycles. The van der Waals surface area contributed by atoms with Crippen molar-refractivity contribution in [2.24, 2.45) is 0 Å². The van der Waals surface area contributed by atoms with Crippen molar-refractivity contribution in [3.8, 4) is 0 Å². The fourth-order valence-electron chi connectivity index (χ4n) is 1.40. The smallest absolute Gasteiger partial charge is 0.132 e. The number of benzene rings is 1. The average Bonchev–Trinajstić information content (AvgIpc) is 2.25. The van der Waals surface area contributed by atoms with Gasteiger partial charge in [-0.15, -0.1) is 0 Å². The van der Waals surface area contributed by atoms with E-state index in [0.29, 0.717) is 6.54 Å². The highest BCUT2D eigenvalue weighted by Gasteiger charge is 2.01. The lowest BCUT2D eigenvalue weighted by Gasteiger charge is -2.03. The average molecular weight is 212 g/mol. The minimum atomic E-state index is -0.112. The van der Waals surface area contributed by atoms with Gasteiger partial charge in [-0.25, -0.2) is 4.39 Å². The molecule has 0 saturated heterocycles. The number of hydrogen-bond acceptors (Lipinski definition) is 1. The first-order valence-electron chi connectivity index (χ1n) is 5.47. The lowest BCUT2D eigenvalue weighted by Crippen LogP contribution is -2.82. The van der Waals surface area contributed by atoms with E-state index in [4.69, 9.17) is 4.74 Å². The second-order valence-electron chi connectivity index (χ2n) is 3.42. The Bertz CT molecular complexity index is 278. The summed E-state index contributed by atoms with van der Waals surface area (Å²) in [6.07, 6.45) is 1.02. The number of nitrogens with two attached hydrogens (primary N) is 1. The molecule has 0 bridgehead atoms. The van der Waals surface area contributed by atoms with Gasteiger partial charge < -0.3 is 10.1 Å². The molecule has 0 unspecified atom stereocenters. The monoisotopic (exact) mass is 212 g/mol. The molecule has 2 N–H and O–H groups in total. The fraction of sp³-hybridized carbons (Fsp3) is 0.500. The van der Waals surface area contributed by atoms with Crippen LogP contribution in [0.25, 0.3) is 0 Å². The van der Waals surface area contributed by atoms with Crippen molar-refractivity contribution in [1.82, 2.24) is 0 Å². The van der Waals surface area contributed by atoms with Crippen LogP contribution >= 0.6 is 0 Å². The molecule has 0 aliphatic heterocycles. The topological polar surface area (TPSA) is 25.8 Å².